The van der Waals surface area contributed by atoms with Crippen molar-refractivity contribution in [2.45, 2.75) is 38.1 Å². The smallest absolute Gasteiger partial charge is 0.326 e. The van der Waals surface area contributed by atoms with Crippen molar-refractivity contribution >= 4 is 11.9 Å². The summed E-state index contributed by atoms with van der Waals surface area (Å²) in [4.78, 5) is 26.7. The summed E-state index contributed by atoms with van der Waals surface area (Å²) >= 11 is 0. The molecule has 1 unspecified atom stereocenters. The molecule has 3 N–H and O–H groups in total. The van der Waals surface area contributed by atoms with E-state index in [1.165, 1.54) is 6.33 Å². The normalized spacial score (nSPS) is 18.2. The van der Waals surface area contributed by atoms with Gasteiger partial charge >= 0.3 is 5.97 Å². The lowest BCUT2D eigenvalue weighted by molar-refractivity contribution is -0.141. The van der Waals surface area contributed by atoms with Crippen LogP contribution in [-0.4, -0.2) is 38.2 Å². The number of rotatable bonds is 4. The second-order valence-electron chi connectivity index (χ2n) is 4.52. The number of carboxylic acid groups (broad SMARTS) is 1. The summed E-state index contributed by atoms with van der Waals surface area (Å²) in [6.07, 6.45) is 6.07. The zero-order valence-corrected chi connectivity index (χ0v) is 9.93. The molecular formula is C11H16N4O3. The molecule has 98 valence electrons. The van der Waals surface area contributed by atoms with Crippen molar-refractivity contribution in [2.75, 3.05) is 0 Å². The molecular weight excluding hydrogens is 236 g/mol. The number of aromatic amines is 1. The van der Waals surface area contributed by atoms with Gasteiger partial charge in [-0.15, -0.1) is 0 Å². The quantitative estimate of drug-likeness (QED) is 0.726. The van der Waals surface area contributed by atoms with Gasteiger partial charge in [-0.25, -0.2) is 9.78 Å². The summed E-state index contributed by atoms with van der Waals surface area (Å²) in [5.41, 5.74) is 0. The Bertz CT molecular complexity index is 412. The zero-order valence-electron chi connectivity index (χ0n) is 9.93. The van der Waals surface area contributed by atoms with Crippen LogP contribution in [0.4, 0.5) is 0 Å². The molecule has 1 amide bonds. The number of hydrogen-bond donors (Lipinski definition) is 3. The third kappa shape index (κ3) is 2.85. The van der Waals surface area contributed by atoms with Crippen LogP contribution < -0.4 is 5.32 Å². The van der Waals surface area contributed by atoms with Crippen molar-refractivity contribution in [3.8, 4) is 0 Å². The summed E-state index contributed by atoms with van der Waals surface area (Å²) in [6.45, 7) is 0. The van der Waals surface area contributed by atoms with Crippen LogP contribution in [0.25, 0.3) is 0 Å². The molecule has 1 saturated carbocycles. The lowest BCUT2D eigenvalue weighted by atomic mass is 9.84. The van der Waals surface area contributed by atoms with E-state index >= 15 is 0 Å². The van der Waals surface area contributed by atoms with Crippen LogP contribution in [0.3, 0.4) is 0 Å². The van der Waals surface area contributed by atoms with Gasteiger partial charge in [-0.2, -0.15) is 5.10 Å². The van der Waals surface area contributed by atoms with E-state index in [0.29, 0.717) is 0 Å². The number of H-pyrrole nitrogens is 1. The van der Waals surface area contributed by atoms with Gasteiger partial charge in [-0.05, 0) is 18.8 Å². The molecule has 1 aromatic rings. The lowest BCUT2D eigenvalue weighted by Gasteiger charge is -2.27. The van der Waals surface area contributed by atoms with Crippen LogP contribution >= 0.6 is 0 Å². The second kappa shape index (κ2) is 5.61. The SMILES string of the molecule is O=C(NC(C(=O)O)C1CCCCC1)c1ncn[nH]1. The van der Waals surface area contributed by atoms with Crippen LogP contribution in [0.15, 0.2) is 6.33 Å². The fourth-order valence-corrected chi connectivity index (χ4v) is 2.37. The Labute approximate surface area is 104 Å². The van der Waals surface area contributed by atoms with Gasteiger partial charge in [0.1, 0.15) is 12.4 Å². The highest BCUT2D eigenvalue weighted by Gasteiger charge is 2.31. The van der Waals surface area contributed by atoms with Crippen molar-refractivity contribution in [3.63, 3.8) is 0 Å². The number of aromatic nitrogens is 3. The van der Waals surface area contributed by atoms with Gasteiger partial charge in [-0.3, -0.25) is 9.89 Å². The minimum absolute atomic E-state index is 0.00289. The maximum absolute atomic E-state index is 11.8. The monoisotopic (exact) mass is 252 g/mol. The maximum Gasteiger partial charge on any atom is 0.326 e. The molecule has 0 bridgehead atoms. The van der Waals surface area contributed by atoms with Gasteiger partial charge in [0.25, 0.3) is 5.91 Å². The molecule has 18 heavy (non-hydrogen) atoms. The van der Waals surface area contributed by atoms with Crippen molar-refractivity contribution in [1.29, 1.82) is 0 Å². The van der Waals surface area contributed by atoms with E-state index in [-0.39, 0.29) is 11.7 Å². The summed E-state index contributed by atoms with van der Waals surface area (Å²) < 4.78 is 0. The predicted octanol–water partition coefficient (Wildman–Crippen LogP) is 0.568. The van der Waals surface area contributed by atoms with E-state index in [4.69, 9.17) is 0 Å². The lowest BCUT2D eigenvalue weighted by Crippen LogP contribution is -2.46. The van der Waals surface area contributed by atoms with Crippen molar-refractivity contribution in [1.82, 2.24) is 20.5 Å². The topological polar surface area (TPSA) is 108 Å². The van der Waals surface area contributed by atoms with Crippen molar-refractivity contribution < 1.29 is 14.7 Å². The first kappa shape index (κ1) is 12.5. The van der Waals surface area contributed by atoms with Crippen LogP contribution in [-0.2, 0) is 4.79 Å². The summed E-state index contributed by atoms with van der Waals surface area (Å²) in [5.74, 6) is -1.47. The standard InChI is InChI=1S/C11H16N4O3/c16-10(9-12-6-13-15-9)14-8(11(17)18)7-4-2-1-3-5-7/h6-8H,1-5H2,(H,14,16)(H,17,18)(H,12,13,15). The molecule has 7 heteroatoms. The van der Waals surface area contributed by atoms with Crippen LogP contribution in [0, 0.1) is 5.92 Å². The minimum atomic E-state index is -0.991. The molecule has 1 aliphatic carbocycles. The third-order valence-electron chi connectivity index (χ3n) is 3.30. The zero-order chi connectivity index (χ0) is 13.0. The van der Waals surface area contributed by atoms with E-state index in [9.17, 15) is 14.7 Å². The molecule has 0 aliphatic heterocycles. The molecule has 1 aromatic heterocycles. The predicted molar refractivity (Wildman–Crippen MR) is 61.8 cm³/mol. The number of aliphatic carboxylic acids is 1. The van der Waals surface area contributed by atoms with E-state index in [1.54, 1.807) is 0 Å². The Kier molecular flexibility index (Phi) is 3.91. The Morgan fingerprint density at radius 3 is 2.67 bits per heavy atom. The number of nitrogens with one attached hydrogen (secondary N) is 2. The number of hydrogen-bond acceptors (Lipinski definition) is 4. The fourth-order valence-electron chi connectivity index (χ4n) is 2.37. The van der Waals surface area contributed by atoms with Crippen molar-refractivity contribution in [2.24, 2.45) is 5.92 Å². The largest absolute Gasteiger partial charge is 0.480 e. The molecule has 1 atom stereocenters. The number of carbonyl (C=O) groups is 2. The summed E-state index contributed by atoms with van der Waals surface area (Å²) in [6, 6.07) is -0.845. The Morgan fingerprint density at radius 1 is 1.39 bits per heavy atom. The minimum Gasteiger partial charge on any atom is -0.480 e. The molecule has 7 nitrogen and oxygen atoms in total. The first-order valence-corrected chi connectivity index (χ1v) is 6.07. The molecule has 1 heterocycles. The number of amides is 1. The van der Waals surface area contributed by atoms with E-state index in [1.807, 2.05) is 0 Å². The average molecular weight is 252 g/mol. The fraction of sp³-hybridized carbons (Fsp3) is 0.636. The Hall–Kier alpha value is -1.92. The van der Waals surface area contributed by atoms with Crippen LogP contribution in [0.5, 0.6) is 0 Å². The van der Waals surface area contributed by atoms with Crippen LogP contribution in [0.2, 0.25) is 0 Å². The number of nitrogens with zero attached hydrogens (tertiary/aromatic N) is 2. The highest BCUT2D eigenvalue weighted by atomic mass is 16.4. The third-order valence-corrected chi connectivity index (χ3v) is 3.30. The Morgan fingerprint density at radius 2 is 2.11 bits per heavy atom. The van der Waals surface area contributed by atoms with Gasteiger partial charge in [0, 0.05) is 0 Å². The number of carbonyl (C=O) groups excluding carboxylic acids is 1. The van der Waals surface area contributed by atoms with Gasteiger partial charge in [-0.1, -0.05) is 19.3 Å². The second-order valence-corrected chi connectivity index (χ2v) is 4.52. The maximum atomic E-state index is 11.8. The first-order chi connectivity index (χ1) is 8.68. The van der Waals surface area contributed by atoms with Gasteiger partial charge in [0.15, 0.2) is 0 Å². The van der Waals surface area contributed by atoms with Gasteiger partial charge in [0.05, 0.1) is 0 Å². The average Bonchev–Trinajstić information content (AvgIpc) is 2.90. The summed E-state index contributed by atoms with van der Waals surface area (Å²) in [7, 11) is 0. The van der Waals surface area contributed by atoms with E-state index in [2.05, 4.69) is 20.5 Å². The highest BCUT2D eigenvalue weighted by molar-refractivity contribution is 5.93. The van der Waals surface area contributed by atoms with Crippen LogP contribution in [0.1, 0.15) is 42.7 Å². The van der Waals surface area contributed by atoms with Gasteiger partial charge in [0.2, 0.25) is 5.82 Å². The van der Waals surface area contributed by atoms with Crippen molar-refractivity contribution in [3.05, 3.63) is 12.2 Å². The van der Waals surface area contributed by atoms with E-state index < -0.39 is 17.9 Å². The molecule has 1 fully saturated rings. The summed E-state index contributed by atoms with van der Waals surface area (Å²) in [5, 5.41) is 17.7. The highest BCUT2D eigenvalue weighted by Crippen LogP contribution is 2.26. The molecule has 0 spiro atoms. The molecule has 0 radical (unpaired) electrons. The Balaban J connectivity index is 2.02. The van der Waals surface area contributed by atoms with Gasteiger partial charge < -0.3 is 10.4 Å². The first-order valence-electron chi connectivity index (χ1n) is 6.07. The number of carboxylic acids is 1. The van der Waals surface area contributed by atoms with E-state index in [0.717, 1.165) is 32.1 Å². The molecule has 0 aromatic carbocycles. The molecule has 2 rings (SSSR count). The molecule has 0 saturated heterocycles. The molecule has 1 aliphatic rings.